The summed E-state index contributed by atoms with van der Waals surface area (Å²) in [6, 6.07) is 19.2. The van der Waals surface area contributed by atoms with Crippen LogP contribution in [-0.2, 0) is 4.74 Å². The Kier molecular flexibility index (Phi) is 5.54. The molecule has 9 heteroatoms. The topological polar surface area (TPSA) is 103 Å². The Bertz CT molecular complexity index is 1580. The lowest BCUT2D eigenvalue weighted by atomic mass is 9.99. The van der Waals surface area contributed by atoms with E-state index in [1.165, 1.54) is 18.9 Å². The molecule has 5 rings (SSSR count). The van der Waals surface area contributed by atoms with Gasteiger partial charge in [-0.2, -0.15) is 0 Å². The molecule has 0 atom stereocenters. The highest BCUT2D eigenvalue weighted by atomic mass is 32.2. The van der Waals surface area contributed by atoms with Crippen LogP contribution in [0.1, 0.15) is 15.9 Å². The number of methoxy groups -OCH3 is 1. The number of carbonyl (C=O) groups excluding carboxylic acids is 1. The second kappa shape index (κ2) is 8.68. The third-order valence-corrected chi connectivity index (χ3v) is 6.26. The number of fused-ring (bicyclic) bond motifs is 1. The SMILES string of the molecule is COC(=O)c1ccc(C)c2nc(SC)n(-c3ccc(-c4ccccc4-c4noc(=O)[nH]4)cc3)c12. The van der Waals surface area contributed by atoms with Gasteiger partial charge >= 0.3 is 11.7 Å². The lowest BCUT2D eigenvalue weighted by molar-refractivity contribution is 0.0602. The maximum atomic E-state index is 12.5. The van der Waals surface area contributed by atoms with E-state index in [9.17, 15) is 9.59 Å². The smallest absolute Gasteiger partial charge is 0.439 e. The second-order valence-corrected chi connectivity index (χ2v) is 8.36. The first kappa shape index (κ1) is 21.7. The number of benzene rings is 3. The summed E-state index contributed by atoms with van der Waals surface area (Å²) in [5.74, 6) is -0.646. The van der Waals surface area contributed by atoms with Gasteiger partial charge in [0.25, 0.3) is 0 Å². The molecule has 0 fully saturated rings. The second-order valence-electron chi connectivity index (χ2n) is 7.59. The summed E-state index contributed by atoms with van der Waals surface area (Å²) in [6.45, 7) is 1.97. The molecule has 2 aromatic heterocycles. The van der Waals surface area contributed by atoms with Crippen molar-refractivity contribution < 1.29 is 14.1 Å². The fourth-order valence-electron chi connectivity index (χ4n) is 4.02. The molecule has 2 heterocycles. The number of nitrogens with zero attached hydrogens (tertiary/aromatic N) is 3. The van der Waals surface area contributed by atoms with Crippen LogP contribution in [-0.4, -0.2) is 39.0 Å². The number of hydrogen-bond donors (Lipinski definition) is 1. The zero-order chi connectivity index (χ0) is 23.8. The van der Waals surface area contributed by atoms with Gasteiger partial charge in [0.05, 0.1) is 23.7 Å². The van der Waals surface area contributed by atoms with Crippen LogP contribution < -0.4 is 5.76 Å². The Morgan fingerprint density at radius 3 is 2.44 bits per heavy atom. The Hall–Kier alpha value is -4.11. The van der Waals surface area contributed by atoms with Gasteiger partial charge in [-0.15, -0.1) is 0 Å². The molecule has 0 spiro atoms. The minimum absolute atomic E-state index is 0.369. The van der Waals surface area contributed by atoms with Gasteiger partial charge in [-0.1, -0.05) is 59.4 Å². The molecule has 0 amide bonds. The van der Waals surface area contributed by atoms with Crippen LogP contribution in [0.15, 0.2) is 75.1 Å². The molecule has 0 aliphatic rings. The van der Waals surface area contributed by atoms with E-state index in [0.29, 0.717) is 16.9 Å². The van der Waals surface area contributed by atoms with Gasteiger partial charge in [0.1, 0.15) is 0 Å². The number of esters is 1. The molecule has 0 saturated carbocycles. The number of thioether (sulfide) groups is 1. The number of aryl methyl sites for hydroxylation is 1. The van der Waals surface area contributed by atoms with Crippen LogP contribution in [0.25, 0.3) is 39.2 Å². The van der Waals surface area contributed by atoms with Crippen molar-refractivity contribution in [1.82, 2.24) is 19.7 Å². The highest BCUT2D eigenvalue weighted by molar-refractivity contribution is 7.98. The monoisotopic (exact) mass is 472 g/mol. The Morgan fingerprint density at radius 2 is 1.79 bits per heavy atom. The van der Waals surface area contributed by atoms with Gasteiger partial charge in [-0.05, 0) is 48.1 Å². The number of imidazole rings is 1. The predicted molar refractivity (Wildman–Crippen MR) is 130 cm³/mol. The number of aromatic nitrogens is 4. The van der Waals surface area contributed by atoms with Crippen molar-refractivity contribution in [3.8, 4) is 28.2 Å². The van der Waals surface area contributed by atoms with Gasteiger partial charge in [-0.3, -0.25) is 14.1 Å². The third kappa shape index (κ3) is 3.60. The number of ether oxygens (including phenoxy) is 1. The normalized spacial score (nSPS) is 11.1. The first-order valence-corrected chi connectivity index (χ1v) is 11.6. The van der Waals surface area contributed by atoms with E-state index in [1.807, 2.05) is 72.3 Å². The molecular weight excluding hydrogens is 452 g/mol. The molecule has 5 aromatic rings. The highest BCUT2D eigenvalue weighted by Crippen LogP contribution is 2.34. The Labute approximate surface area is 198 Å². The van der Waals surface area contributed by atoms with E-state index in [1.54, 1.807) is 6.07 Å². The first-order chi connectivity index (χ1) is 16.5. The average Bonchev–Trinajstić information content (AvgIpc) is 3.48. The number of hydrogen-bond acceptors (Lipinski definition) is 7. The van der Waals surface area contributed by atoms with Crippen molar-refractivity contribution in [1.29, 1.82) is 0 Å². The van der Waals surface area contributed by atoms with E-state index in [2.05, 4.69) is 14.7 Å². The lowest BCUT2D eigenvalue weighted by Gasteiger charge is -2.12. The molecule has 0 bridgehead atoms. The van der Waals surface area contributed by atoms with Gasteiger partial charge in [0, 0.05) is 11.3 Å². The van der Waals surface area contributed by atoms with Crippen LogP contribution in [0, 0.1) is 6.92 Å². The molecule has 0 saturated heterocycles. The van der Waals surface area contributed by atoms with Crippen molar-refractivity contribution in [2.75, 3.05) is 13.4 Å². The molecule has 170 valence electrons. The molecule has 0 radical (unpaired) electrons. The minimum Gasteiger partial charge on any atom is -0.465 e. The fourth-order valence-corrected chi connectivity index (χ4v) is 4.58. The highest BCUT2D eigenvalue weighted by Gasteiger charge is 2.21. The number of aromatic amines is 1. The van der Waals surface area contributed by atoms with Gasteiger partial charge in [0.2, 0.25) is 0 Å². The van der Waals surface area contributed by atoms with Crippen LogP contribution in [0.5, 0.6) is 0 Å². The lowest BCUT2D eigenvalue weighted by Crippen LogP contribution is -2.06. The Balaban J connectivity index is 1.66. The van der Waals surface area contributed by atoms with Gasteiger partial charge in [-0.25, -0.2) is 14.6 Å². The molecule has 0 aliphatic carbocycles. The zero-order valence-corrected chi connectivity index (χ0v) is 19.5. The first-order valence-electron chi connectivity index (χ1n) is 10.4. The molecule has 0 unspecified atom stereocenters. The minimum atomic E-state index is -0.603. The maximum absolute atomic E-state index is 12.5. The van der Waals surface area contributed by atoms with Crippen molar-refractivity contribution in [2.24, 2.45) is 0 Å². The quantitative estimate of drug-likeness (QED) is 0.288. The van der Waals surface area contributed by atoms with Crippen LogP contribution in [0.3, 0.4) is 0 Å². The molecular formula is C25H20N4O4S. The van der Waals surface area contributed by atoms with Crippen molar-refractivity contribution in [3.63, 3.8) is 0 Å². The van der Waals surface area contributed by atoms with Crippen molar-refractivity contribution >= 4 is 28.8 Å². The summed E-state index contributed by atoms with van der Waals surface area (Å²) in [7, 11) is 1.37. The largest absolute Gasteiger partial charge is 0.465 e. The van der Waals surface area contributed by atoms with Crippen LogP contribution in [0.4, 0.5) is 0 Å². The van der Waals surface area contributed by atoms with Crippen molar-refractivity contribution in [2.45, 2.75) is 12.1 Å². The van der Waals surface area contributed by atoms with Crippen LogP contribution in [0.2, 0.25) is 0 Å². The van der Waals surface area contributed by atoms with E-state index < -0.39 is 11.7 Å². The van der Waals surface area contributed by atoms with Crippen LogP contribution >= 0.6 is 11.8 Å². The number of carbonyl (C=O) groups is 1. The number of nitrogens with one attached hydrogen (secondary N) is 1. The predicted octanol–water partition coefficient (Wildman–Crippen LogP) is 4.85. The summed E-state index contributed by atoms with van der Waals surface area (Å²) < 4.78 is 11.7. The summed E-state index contributed by atoms with van der Waals surface area (Å²) in [5, 5.41) is 4.59. The molecule has 34 heavy (non-hydrogen) atoms. The van der Waals surface area contributed by atoms with E-state index in [4.69, 9.17) is 9.72 Å². The molecule has 8 nitrogen and oxygen atoms in total. The van der Waals surface area contributed by atoms with Gasteiger partial charge in [0.15, 0.2) is 11.0 Å². The standard InChI is InChI=1S/C25H20N4O4S/c1-14-8-13-19(23(30)32-2)21-20(14)26-24(34-3)29(21)16-11-9-15(10-12-16)17-6-4-5-7-18(17)22-27-25(31)33-28-22/h4-13H,1-3H3,(H,27,28,31). The zero-order valence-electron chi connectivity index (χ0n) is 18.7. The maximum Gasteiger partial charge on any atom is 0.439 e. The van der Waals surface area contributed by atoms with E-state index in [0.717, 1.165) is 38.6 Å². The summed E-state index contributed by atoms with van der Waals surface area (Å²) in [4.78, 5) is 31.4. The molecule has 1 N–H and O–H groups in total. The summed E-state index contributed by atoms with van der Waals surface area (Å²) >= 11 is 1.50. The average molecular weight is 473 g/mol. The molecule has 3 aromatic carbocycles. The number of rotatable bonds is 5. The third-order valence-electron chi connectivity index (χ3n) is 5.62. The van der Waals surface area contributed by atoms with E-state index >= 15 is 0 Å². The molecule has 0 aliphatic heterocycles. The summed E-state index contributed by atoms with van der Waals surface area (Å²) in [5.41, 5.74) is 6.35. The number of H-pyrrole nitrogens is 1. The Morgan fingerprint density at radius 1 is 1.06 bits per heavy atom. The van der Waals surface area contributed by atoms with Crippen molar-refractivity contribution in [3.05, 3.63) is 82.3 Å². The summed E-state index contributed by atoms with van der Waals surface area (Å²) in [6.07, 6.45) is 1.95. The van der Waals surface area contributed by atoms with Gasteiger partial charge < -0.3 is 4.74 Å². The fraction of sp³-hybridized carbons (Fsp3) is 0.120. The van der Waals surface area contributed by atoms with E-state index in [-0.39, 0.29) is 0 Å².